The number of rotatable bonds is 6. The van der Waals surface area contributed by atoms with Gasteiger partial charge in [-0.25, -0.2) is 12.7 Å². The van der Waals surface area contributed by atoms with Gasteiger partial charge in [-0.05, 0) is 43.7 Å². The summed E-state index contributed by atoms with van der Waals surface area (Å²) in [7, 11) is 0.119. The fourth-order valence-electron chi connectivity index (χ4n) is 1.80. The van der Waals surface area contributed by atoms with E-state index in [0.29, 0.717) is 18.0 Å². The third-order valence-electron chi connectivity index (χ3n) is 2.93. The van der Waals surface area contributed by atoms with Crippen LogP contribution in [0, 0.1) is 6.92 Å². The van der Waals surface area contributed by atoms with Crippen LogP contribution in [0.1, 0.15) is 24.5 Å². The van der Waals surface area contributed by atoms with Gasteiger partial charge in [-0.1, -0.05) is 13.0 Å². The van der Waals surface area contributed by atoms with E-state index in [2.05, 4.69) is 5.32 Å². The van der Waals surface area contributed by atoms with E-state index in [1.807, 2.05) is 27.0 Å². The van der Waals surface area contributed by atoms with Crippen molar-refractivity contribution in [3.05, 3.63) is 29.3 Å². The van der Waals surface area contributed by atoms with Gasteiger partial charge in [0, 0.05) is 20.1 Å². The molecule has 1 aromatic rings. The van der Waals surface area contributed by atoms with Crippen molar-refractivity contribution >= 4 is 10.0 Å². The maximum absolute atomic E-state index is 12.3. The highest BCUT2D eigenvalue weighted by Crippen LogP contribution is 2.18. The summed E-state index contributed by atoms with van der Waals surface area (Å²) >= 11 is 0. The average Bonchev–Trinajstić information content (AvgIpc) is 2.32. The highest BCUT2D eigenvalue weighted by atomic mass is 32.2. The molecule has 0 aliphatic rings. The summed E-state index contributed by atoms with van der Waals surface area (Å²) in [5, 5.41) is 3.05. The standard InChI is InChI=1S/C13H22N2O2S/c1-5-8-15(4)18(16,17)13-7-6-11(2)12(9-13)10-14-3/h6-7,9,14H,5,8,10H2,1-4H3. The van der Waals surface area contributed by atoms with Crippen LogP contribution in [0.3, 0.4) is 0 Å². The fraction of sp³-hybridized carbons (Fsp3) is 0.538. The average molecular weight is 270 g/mol. The summed E-state index contributed by atoms with van der Waals surface area (Å²) in [6.07, 6.45) is 0.810. The second-order valence-electron chi connectivity index (χ2n) is 4.45. The Morgan fingerprint density at radius 3 is 2.56 bits per heavy atom. The van der Waals surface area contributed by atoms with E-state index in [4.69, 9.17) is 0 Å². The molecule has 1 N–H and O–H groups in total. The molecule has 0 saturated carbocycles. The van der Waals surface area contributed by atoms with Crippen molar-refractivity contribution < 1.29 is 8.42 Å². The molecule has 0 aliphatic heterocycles. The molecule has 0 spiro atoms. The monoisotopic (exact) mass is 270 g/mol. The van der Waals surface area contributed by atoms with E-state index in [1.54, 1.807) is 19.2 Å². The fourth-order valence-corrected chi connectivity index (χ4v) is 3.12. The number of hydrogen-bond donors (Lipinski definition) is 1. The minimum atomic E-state index is -3.35. The van der Waals surface area contributed by atoms with E-state index in [0.717, 1.165) is 17.5 Å². The smallest absolute Gasteiger partial charge is 0.242 e. The Morgan fingerprint density at radius 1 is 1.33 bits per heavy atom. The first kappa shape index (κ1) is 15.1. The molecule has 0 amide bonds. The van der Waals surface area contributed by atoms with Gasteiger partial charge < -0.3 is 5.32 Å². The molecule has 0 aliphatic carbocycles. The van der Waals surface area contributed by atoms with Crippen LogP contribution in [0.4, 0.5) is 0 Å². The summed E-state index contributed by atoms with van der Waals surface area (Å²) in [5.74, 6) is 0. The molecule has 0 bridgehead atoms. The maximum atomic E-state index is 12.3. The minimum Gasteiger partial charge on any atom is -0.316 e. The van der Waals surface area contributed by atoms with E-state index < -0.39 is 10.0 Å². The Labute approximate surface area is 110 Å². The zero-order valence-electron chi connectivity index (χ0n) is 11.5. The van der Waals surface area contributed by atoms with Crippen LogP contribution < -0.4 is 5.32 Å². The molecule has 1 aromatic carbocycles. The Kier molecular flexibility index (Phi) is 5.31. The molecule has 18 heavy (non-hydrogen) atoms. The van der Waals surface area contributed by atoms with Gasteiger partial charge in [0.2, 0.25) is 10.0 Å². The minimum absolute atomic E-state index is 0.370. The first-order valence-electron chi connectivity index (χ1n) is 6.14. The van der Waals surface area contributed by atoms with Crippen molar-refractivity contribution in [3.63, 3.8) is 0 Å². The number of aryl methyl sites for hydroxylation is 1. The van der Waals surface area contributed by atoms with Crippen molar-refractivity contribution in [2.45, 2.75) is 31.7 Å². The largest absolute Gasteiger partial charge is 0.316 e. The van der Waals surface area contributed by atoms with Gasteiger partial charge in [0.25, 0.3) is 0 Å². The molecule has 0 unspecified atom stereocenters. The normalized spacial score (nSPS) is 12.1. The molecule has 0 radical (unpaired) electrons. The zero-order valence-corrected chi connectivity index (χ0v) is 12.3. The summed E-state index contributed by atoms with van der Waals surface area (Å²) in [6.45, 7) is 5.16. The third-order valence-corrected chi connectivity index (χ3v) is 4.79. The van der Waals surface area contributed by atoms with Crippen molar-refractivity contribution in [2.24, 2.45) is 0 Å². The lowest BCUT2D eigenvalue weighted by Gasteiger charge is -2.17. The van der Waals surface area contributed by atoms with Gasteiger partial charge in [-0.2, -0.15) is 0 Å². The second-order valence-corrected chi connectivity index (χ2v) is 6.49. The van der Waals surface area contributed by atoms with E-state index in [9.17, 15) is 8.42 Å². The van der Waals surface area contributed by atoms with Crippen molar-refractivity contribution in [1.82, 2.24) is 9.62 Å². The highest BCUT2D eigenvalue weighted by molar-refractivity contribution is 7.89. The summed E-state index contributed by atoms with van der Waals surface area (Å²) in [4.78, 5) is 0.370. The Hall–Kier alpha value is -0.910. The Balaban J connectivity index is 3.13. The summed E-state index contributed by atoms with van der Waals surface area (Å²) in [6, 6.07) is 5.29. The molecule has 0 saturated heterocycles. The quantitative estimate of drug-likeness (QED) is 0.856. The lowest BCUT2D eigenvalue weighted by atomic mass is 10.1. The first-order valence-corrected chi connectivity index (χ1v) is 7.58. The second kappa shape index (κ2) is 6.31. The summed E-state index contributed by atoms with van der Waals surface area (Å²) < 4.78 is 26.0. The molecule has 0 heterocycles. The lowest BCUT2D eigenvalue weighted by Crippen LogP contribution is -2.27. The lowest BCUT2D eigenvalue weighted by molar-refractivity contribution is 0.468. The Bertz CT molecular complexity index is 498. The van der Waals surface area contributed by atoms with Crippen LogP contribution in [0.25, 0.3) is 0 Å². The van der Waals surface area contributed by atoms with Gasteiger partial charge in [-0.3, -0.25) is 0 Å². The first-order chi connectivity index (χ1) is 8.43. The molecule has 1 rings (SSSR count). The number of sulfonamides is 1. The van der Waals surface area contributed by atoms with Crippen molar-refractivity contribution in [1.29, 1.82) is 0 Å². The molecule has 102 valence electrons. The molecule has 0 atom stereocenters. The van der Waals surface area contributed by atoms with Gasteiger partial charge in [0.15, 0.2) is 0 Å². The zero-order chi connectivity index (χ0) is 13.8. The topological polar surface area (TPSA) is 49.4 Å². The van der Waals surface area contributed by atoms with Crippen LogP contribution in [0.5, 0.6) is 0 Å². The summed E-state index contributed by atoms with van der Waals surface area (Å²) in [5.41, 5.74) is 2.12. The third kappa shape index (κ3) is 3.31. The van der Waals surface area contributed by atoms with Gasteiger partial charge in [0.1, 0.15) is 0 Å². The van der Waals surface area contributed by atoms with Gasteiger partial charge in [-0.15, -0.1) is 0 Å². The highest BCUT2D eigenvalue weighted by Gasteiger charge is 2.20. The van der Waals surface area contributed by atoms with E-state index in [1.165, 1.54) is 4.31 Å². The van der Waals surface area contributed by atoms with Crippen molar-refractivity contribution in [2.75, 3.05) is 20.6 Å². The Morgan fingerprint density at radius 2 is 2.00 bits per heavy atom. The SMILES string of the molecule is CCCN(C)S(=O)(=O)c1ccc(C)c(CNC)c1. The van der Waals surface area contributed by atoms with Crippen LogP contribution in [-0.4, -0.2) is 33.4 Å². The predicted molar refractivity (Wildman–Crippen MR) is 74.0 cm³/mol. The molecular formula is C13H22N2O2S. The van der Waals surface area contributed by atoms with Crippen LogP contribution in [-0.2, 0) is 16.6 Å². The van der Waals surface area contributed by atoms with Gasteiger partial charge in [0.05, 0.1) is 4.90 Å². The van der Waals surface area contributed by atoms with Gasteiger partial charge >= 0.3 is 0 Å². The molecule has 4 nitrogen and oxygen atoms in total. The van der Waals surface area contributed by atoms with Crippen LogP contribution in [0.2, 0.25) is 0 Å². The van der Waals surface area contributed by atoms with Crippen LogP contribution in [0.15, 0.2) is 23.1 Å². The molecule has 5 heteroatoms. The van der Waals surface area contributed by atoms with Crippen LogP contribution >= 0.6 is 0 Å². The molecule has 0 fully saturated rings. The molecular weight excluding hydrogens is 248 g/mol. The van der Waals surface area contributed by atoms with Crippen molar-refractivity contribution in [3.8, 4) is 0 Å². The molecule has 0 aromatic heterocycles. The number of nitrogens with one attached hydrogen (secondary N) is 1. The van der Waals surface area contributed by atoms with E-state index >= 15 is 0 Å². The number of hydrogen-bond acceptors (Lipinski definition) is 3. The predicted octanol–water partition coefficient (Wildman–Crippen LogP) is 1.74. The van der Waals surface area contributed by atoms with E-state index in [-0.39, 0.29) is 0 Å². The number of benzene rings is 1. The maximum Gasteiger partial charge on any atom is 0.242 e. The number of nitrogens with zero attached hydrogens (tertiary/aromatic N) is 1.